The summed E-state index contributed by atoms with van der Waals surface area (Å²) in [5.41, 5.74) is 1.11. The molecule has 2 aromatic rings. The number of benzene rings is 2. The van der Waals surface area contributed by atoms with Gasteiger partial charge in [-0.15, -0.1) is 0 Å². The molecule has 0 saturated carbocycles. The summed E-state index contributed by atoms with van der Waals surface area (Å²) in [6.45, 7) is 3.53. The highest BCUT2D eigenvalue weighted by molar-refractivity contribution is 7.84. The Morgan fingerprint density at radius 1 is 0.929 bits per heavy atom. The predicted molar refractivity (Wildman–Crippen MR) is 109 cm³/mol. The number of hydrogen-bond donors (Lipinski definition) is 2. The van der Waals surface area contributed by atoms with Gasteiger partial charge in [0.05, 0.1) is 29.8 Å². The Labute approximate surface area is 167 Å². The van der Waals surface area contributed by atoms with Crippen molar-refractivity contribution < 1.29 is 28.5 Å². The maximum atomic E-state index is 11.5. The smallest absolute Gasteiger partial charge is 0.120 e. The maximum Gasteiger partial charge on any atom is 0.120 e. The van der Waals surface area contributed by atoms with Gasteiger partial charge in [0.2, 0.25) is 0 Å². The fourth-order valence-corrected chi connectivity index (χ4v) is 3.54. The summed E-state index contributed by atoms with van der Waals surface area (Å²) in [6, 6.07) is 20.2. The number of hydrogen-bond acceptors (Lipinski definition) is 4. The Morgan fingerprint density at radius 3 is 1.71 bits per heavy atom. The van der Waals surface area contributed by atoms with Crippen molar-refractivity contribution in [2.24, 2.45) is 0 Å². The molecule has 0 radical (unpaired) electrons. The normalized spacial score (nSPS) is 15.1. The van der Waals surface area contributed by atoms with Crippen LogP contribution >= 0.6 is 0 Å². The van der Waals surface area contributed by atoms with Crippen LogP contribution in [0.25, 0.3) is 0 Å². The van der Waals surface area contributed by atoms with Crippen LogP contribution < -0.4 is 4.90 Å². The molecular weight excluding hydrogens is 378 g/mol. The molecule has 28 heavy (non-hydrogen) atoms. The van der Waals surface area contributed by atoms with E-state index in [0.717, 1.165) is 24.1 Å². The van der Waals surface area contributed by atoms with Crippen molar-refractivity contribution in [3.8, 4) is 0 Å². The third-order valence-electron chi connectivity index (χ3n) is 4.90. The Balaban J connectivity index is 0.000000584. The van der Waals surface area contributed by atoms with E-state index in [1.165, 1.54) is 32.4 Å². The predicted octanol–water partition coefficient (Wildman–Crippen LogP) is 0.718. The molecule has 7 heteroatoms. The van der Waals surface area contributed by atoms with E-state index in [0.29, 0.717) is 6.26 Å². The van der Waals surface area contributed by atoms with Gasteiger partial charge in [-0.2, -0.15) is 0 Å². The van der Waals surface area contributed by atoms with Gasteiger partial charge in [0.1, 0.15) is 5.60 Å². The lowest BCUT2D eigenvalue weighted by Crippen LogP contribution is -3.13. The lowest BCUT2D eigenvalue weighted by atomic mass is 9.83. The standard InChI is InChI=1S/C20H25NO.CH4O3S.H2O/c22-20(18-10-4-1-5-11-18,19-12-6-2-7-13-19)14-17-21-15-8-3-9-16-21;1-5(2,3)4;/h1-2,4-7,10-13,22H,3,8-9,14-17H2;1H3,(H,2,3,4);1H2. The Kier molecular flexibility index (Phi) is 9.78. The molecular formula is C21H31NO5S. The van der Waals surface area contributed by atoms with Crippen molar-refractivity contribution in [3.05, 3.63) is 71.8 Å². The third-order valence-corrected chi connectivity index (χ3v) is 4.90. The van der Waals surface area contributed by atoms with E-state index in [1.807, 2.05) is 60.7 Å². The summed E-state index contributed by atoms with van der Waals surface area (Å²) in [7, 11) is -3.92. The number of quaternary nitrogens is 1. The highest BCUT2D eigenvalue weighted by atomic mass is 32.2. The van der Waals surface area contributed by atoms with Crippen molar-refractivity contribution in [1.29, 1.82) is 0 Å². The first kappa shape index (κ1) is 24.3. The van der Waals surface area contributed by atoms with Crippen LogP contribution in [-0.4, -0.2) is 49.4 Å². The minimum Gasteiger partial charge on any atom is -0.748 e. The van der Waals surface area contributed by atoms with Crippen LogP contribution in [0.5, 0.6) is 0 Å². The average Bonchev–Trinajstić information content (AvgIpc) is 2.67. The summed E-state index contributed by atoms with van der Waals surface area (Å²) in [4.78, 5) is 1.64. The topological polar surface area (TPSA) is 113 Å². The number of rotatable bonds is 5. The second-order valence-corrected chi connectivity index (χ2v) is 8.52. The number of piperidine rings is 1. The largest absolute Gasteiger partial charge is 0.748 e. The SMILES string of the molecule is CS(=O)(=O)[O-].O.OC(CC[NH+]1CCCCC1)(c1ccccc1)c1ccccc1. The number of nitrogens with one attached hydrogen (secondary N) is 1. The van der Waals surface area contributed by atoms with E-state index in [-0.39, 0.29) is 5.48 Å². The molecule has 0 aromatic heterocycles. The fourth-order valence-electron chi connectivity index (χ4n) is 3.54. The van der Waals surface area contributed by atoms with Gasteiger partial charge in [-0.3, -0.25) is 0 Å². The van der Waals surface area contributed by atoms with Crippen LogP contribution in [0.15, 0.2) is 60.7 Å². The van der Waals surface area contributed by atoms with Crippen LogP contribution in [0.3, 0.4) is 0 Å². The lowest BCUT2D eigenvalue weighted by Gasteiger charge is -2.32. The van der Waals surface area contributed by atoms with E-state index in [1.54, 1.807) is 4.90 Å². The van der Waals surface area contributed by atoms with Crippen molar-refractivity contribution in [3.63, 3.8) is 0 Å². The van der Waals surface area contributed by atoms with Crippen LogP contribution in [0, 0.1) is 0 Å². The molecule has 1 aliphatic heterocycles. The zero-order valence-electron chi connectivity index (χ0n) is 16.3. The monoisotopic (exact) mass is 409 g/mol. The van der Waals surface area contributed by atoms with Gasteiger partial charge >= 0.3 is 0 Å². The Morgan fingerprint density at radius 2 is 1.32 bits per heavy atom. The molecule has 1 saturated heterocycles. The summed E-state index contributed by atoms with van der Waals surface area (Å²) >= 11 is 0. The third kappa shape index (κ3) is 8.08. The number of aliphatic hydroxyl groups is 1. The van der Waals surface area contributed by atoms with Crippen molar-refractivity contribution >= 4 is 10.1 Å². The average molecular weight is 410 g/mol. The minimum atomic E-state index is -3.92. The summed E-state index contributed by atoms with van der Waals surface area (Å²) < 4.78 is 27.2. The second kappa shape index (κ2) is 11.3. The van der Waals surface area contributed by atoms with E-state index in [2.05, 4.69) is 0 Å². The molecule has 0 bridgehead atoms. The van der Waals surface area contributed by atoms with Crippen molar-refractivity contribution in [2.45, 2.75) is 31.3 Å². The molecule has 4 N–H and O–H groups in total. The van der Waals surface area contributed by atoms with E-state index >= 15 is 0 Å². The van der Waals surface area contributed by atoms with Gasteiger partial charge in [0.15, 0.2) is 0 Å². The quantitative estimate of drug-likeness (QED) is 0.708. The summed E-state index contributed by atoms with van der Waals surface area (Å²) in [5, 5.41) is 11.5. The molecule has 1 aliphatic rings. The summed E-state index contributed by atoms with van der Waals surface area (Å²) in [5.74, 6) is 0. The van der Waals surface area contributed by atoms with Crippen LogP contribution in [0.2, 0.25) is 0 Å². The zero-order chi connectivity index (χ0) is 19.8. The van der Waals surface area contributed by atoms with Gasteiger partial charge < -0.3 is 20.0 Å². The van der Waals surface area contributed by atoms with E-state index in [4.69, 9.17) is 13.0 Å². The lowest BCUT2D eigenvalue weighted by molar-refractivity contribution is -0.905. The van der Waals surface area contributed by atoms with E-state index in [9.17, 15) is 5.11 Å². The molecule has 6 nitrogen and oxygen atoms in total. The van der Waals surface area contributed by atoms with Gasteiger partial charge in [-0.25, -0.2) is 8.42 Å². The van der Waals surface area contributed by atoms with Crippen LogP contribution in [0.4, 0.5) is 0 Å². The second-order valence-electron chi connectivity index (χ2n) is 7.11. The van der Waals surface area contributed by atoms with Gasteiger partial charge in [-0.1, -0.05) is 60.7 Å². The molecule has 0 unspecified atom stereocenters. The fraction of sp³-hybridized carbons (Fsp3) is 0.429. The molecule has 0 aliphatic carbocycles. The Bertz CT molecular complexity index is 727. The van der Waals surface area contributed by atoms with Crippen LogP contribution in [-0.2, 0) is 15.7 Å². The minimum absolute atomic E-state index is 0. The molecule has 2 aromatic carbocycles. The van der Waals surface area contributed by atoms with Crippen molar-refractivity contribution in [2.75, 3.05) is 25.9 Å². The molecule has 156 valence electrons. The molecule has 1 fully saturated rings. The summed E-state index contributed by atoms with van der Waals surface area (Å²) in [6.07, 6.45) is 5.39. The Hall–Kier alpha value is -1.77. The molecule has 0 spiro atoms. The van der Waals surface area contributed by atoms with Crippen molar-refractivity contribution in [1.82, 2.24) is 0 Å². The molecule has 0 amide bonds. The zero-order valence-corrected chi connectivity index (χ0v) is 17.1. The van der Waals surface area contributed by atoms with Crippen LogP contribution in [0.1, 0.15) is 36.8 Å². The molecule has 3 rings (SSSR count). The maximum absolute atomic E-state index is 11.5. The van der Waals surface area contributed by atoms with Gasteiger partial charge in [0, 0.05) is 12.7 Å². The van der Waals surface area contributed by atoms with Gasteiger partial charge in [-0.05, 0) is 30.4 Å². The number of likely N-dealkylation sites (tertiary alicyclic amines) is 1. The molecule has 1 heterocycles. The van der Waals surface area contributed by atoms with Gasteiger partial charge in [0.25, 0.3) is 0 Å². The first-order valence-corrected chi connectivity index (χ1v) is 11.2. The highest BCUT2D eigenvalue weighted by Gasteiger charge is 2.32. The highest BCUT2D eigenvalue weighted by Crippen LogP contribution is 2.32. The first-order chi connectivity index (χ1) is 12.8. The first-order valence-electron chi connectivity index (χ1n) is 9.37. The van der Waals surface area contributed by atoms with E-state index < -0.39 is 15.7 Å². The molecule has 0 atom stereocenters.